The van der Waals surface area contributed by atoms with Crippen LogP contribution >= 0.6 is 0 Å². The van der Waals surface area contributed by atoms with Gasteiger partial charge in [0.15, 0.2) is 9.84 Å². The molecule has 0 radical (unpaired) electrons. The van der Waals surface area contributed by atoms with Gasteiger partial charge in [-0.3, -0.25) is 9.59 Å². The molecule has 0 spiro atoms. The minimum Gasteiger partial charge on any atom is -0.350 e. The van der Waals surface area contributed by atoms with Gasteiger partial charge in [-0.25, -0.2) is 12.8 Å². The Bertz CT molecular complexity index is 926. The Morgan fingerprint density at radius 1 is 1.38 bits per heavy atom. The molecular weight excluding hydrogens is 399 g/mol. The summed E-state index contributed by atoms with van der Waals surface area (Å²) in [6.07, 6.45) is -0.108. The number of benzene rings is 1. The SMILES string of the molecule is CC(C)(CNC(=O)c1cccc(S(C)(=O)=O)c1)NCC(=O)N1C[C@@H](F)C[C@H]1C#N. The van der Waals surface area contributed by atoms with Crippen LogP contribution in [0.1, 0.15) is 30.6 Å². The van der Waals surface area contributed by atoms with Crippen molar-refractivity contribution in [1.29, 1.82) is 5.26 Å². The van der Waals surface area contributed by atoms with Crippen LogP contribution in [0.3, 0.4) is 0 Å². The lowest BCUT2D eigenvalue weighted by Gasteiger charge is -2.28. The summed E-state index contributed by atoms with van der Waals surface area (Å²) in [5.74, 6) is -0.821. The van der Waals surface area contributed by atoms with Crippen molar-refractivity contribution < 1.29 is 22.4 Å². The van der Waals surface area contributed by atoms with Crippen LogP contribution in [0.2, 0.25) is 0 Å². The van der Waals surface area contributed by atoms with Gasteiger partial charge in [0.25, 0.3) is 5.91 Å². The Morgan fingerprint density at radius 3 is 2.69 bits per heavy atom. The number of rotatable bonds is 7. The van der Waals surface area contributed by atoms with Crippen LogP contribution in [-0.4, -0.2) is 68.8 Å². The molecule has 1 saturated heterocycles. The first-order chi connectivity index (χ1) is 13.4. The lowest BCUT2D eigenvalue weighted by atomic mass is 10.1. The van der Waals surface area contributed by atoms with Gasteiger partial charge >= 0.3 is 0 Å². The van der Waals surface area contributed by atoms with Crippen molar-refractivity contribution in [3.8, 4) is 6.07 Å². The molecule has 1 fully saturated rings. The molecule has 1 aromatic rings. The van der Waals surface area contributed by atoms with E-state index in [1.165, 1.54) is 29.2 Å². The highest BCUT2D eigenvalue weighted by molar-refractivity contribution is 7.90. The molecule has 0 aliphatic carbocycles. The third-order valence-corrected chi connectivity index (χ3v) is 5.76. The lowest BCUT2D eigenvalue weighted by molar-refractivity contribution is -0.130. The number of nitrogens with one attached hydrogen (secondary N) is 2. The van der Waals surface area contributed by atoms with E-state index in [4.69, 9.17) is 5.26 Å². The maximum atomic E-state index is 13.5. The second kappa shape index (κ2) is 8.88. The molecule has 1 aliphatic heterocycles. The highest BCUT2D eigenvalue weighted by Crippen LogP contribution is 2.20. The molecule has 1 heterocycles. The van der Waals surface area contributed by atoms with Crippen LogP contribution in [0.4, 0.5) is 4.39 Å². The predicted molar refractivity (Wildman–Crippen MR) is 105 cm³/mol. The third kappa shape index (κ3) is 6.24. The number of carbonyl (C=O) groups excluding carboxylic acids is 2. The molecule has 2 rings (SSSR count). The van der Waals surface area contributed by atoms with Crippen LogP contribution in [-0.2, 0) is 14.6 Å². The summed E-state index contributed by atoms with van der Waals surface area (Å²) < 4.78 is 36.7. The molecule has 1 aromatic carbocycles. The summed E-state index contributed by atoms with van der Waals surface area (Å²) in [4.78, 5) is 25.9. The first kappa shape index (κ1) is 22.8. The average molecular weight is 424 g/mol. The van der Waals surface area contributed by atoms with E-state index in [0.29, 0.717) is 0 Å². The molecule has 0 bridgehead atoms. The Balaban J connectivity index is 1.90. The molecule has 0 aromatic heterocycles. The van der Waals surface area contributed by atoms with Crippen LogP contribution in [0, 0.1) is 11.3 Å². The van der Waals surface area contributed by atoms with E-state index in [-0.39, 0.29) is 42.4 Å². The van der Waals surface area contributed by atoms with Crippen LogP contribution in [0.25, 0.3) is 0 Å². The Labute approximate surface area is 170 Å². The van der Waals surface area contributed by atoms with Gasteiger partial charge in [0.2, 0.25) is 5.91 Å². The molecule has 2 atom stereocenters. The fourth-order valence-corrected chi connectivity index (χ4v) is 3.60. The van der Waals surface area contributed by atoms with Gasteiger partial charge in [-0.15, -0.1) is 0 Å². The Hall–Kier alpha value is -2.51. The van der Waals surface area contributed by atoms with Crippen molar-refractivity contribution in [3.63, 3.8) is 0 Å². The second-order valence-electron chi connectivity index (χ2n) is 7.74. The number of halogens is 1. The number of likely N-dealkylation sites (tertiary alicyclic amines) is 1. The van der Waals surface area contributed by atoms with Crippen LogP contribution < -0.4 is 10.6 Å². The number of alkyl halides is 1. The standard InChI is InChI=1S/C19H25FN4O4S/c1-19(2,23-10-17(25)24-11-14(20)8-15(24)9-21)12-22-18(26)13-5-4-6-16(7-13)29(3,27)28/h4-7,14-15,23H,8,10-12H2,1-3H3,(H,22,26)/t14-,15-/m0/s1. The smallest absolute Gasteiger partial charge is 0.251 e. The summed E-state index contributed by atoms with van der Waals surface area (Å²) in [5, 5.41) is 14.7. The van der Waals surface area contributed by atoms with E-state index in [1.54, 1.807) is 13.8 Å². The quantitative estimate of drug-likeness (QED) is 0.663. The first-order valence-corrected chi connectivity index (χ1v) is 11.0. The van der Waals surface area contributed by atoms with Gasteiger partial charge < -0.3 is 15.5 Å². The van der Waals surface area contributed by atoms with E-state index in [9.17, 15) is 22.4 Å². The van der Waals surface area contributed by atoms with Crippen molar-refractivity contribution in [1.82, 2.24) is 15.5 Å². The fourth-order valence-electron chi connectivity index (χ4n) is 2.93. The lowest BCUT2D eigenvalue weighted by Crippen LogP contribution is -2.52. The van der Waals surface area contributed by atoms with Crippen molar-refractivity contribution in [3.05, 3.63) is 29.8 Å². The number of hydrogen-bond acceptors (Lipinski definition) is 6. The minimum absolute atomic E-state index is 0.0221. The summed E-state index contributed by atoms with van der Waals surface area (Å²) >= 11 is 0. The summed E-state index contributed by atoms with van der Waals surface area (Å²) in [5.41, 5.74) is -0.459. The maximum Gasteiger partial charge on any atom is 0.251 e. The Kier molecular flexibility index (Phi) is 6.97. The molecule has 10 heteroatoms. The van der Waals surface area contributed by atoms with E-state index in [0.717, 1.165) is 6.26 Å². The van der Waals surface area contributed by atoms with Gasteiger partial charge in [0.05, 0.1) is 24.1 Å². The van der Waals surface area contributed by atoms with Gasteiger partial charge in [0.1, 0.15) is 12.2 Å². The maximum absolute atomic E-state index is 13.5. The molecular formula is C19H25FN4O4S. The average Bonchev–Trinajstić information content (AvgIpc) is 3.04. The van der Waals surface area contributed by atoms with Gasteiger partial charge in [-0.05, 0) is 32.0 Å². The molecule has 2 amide bonds. The van der Waals surface area contributed by atoms with Gasteiger partial charge in [-0.2, -0.15) is 5.26 Å². The first-order valence-electron chi connectivity index (χ1n) is 9.09. The largest absolute Gasteiger partial charge is 0.350 e. The van der Waals surface area contributed by atoms with Crippen LogP contribution in [0.5, 0.6) is 0 Å². The number of nitriles is 1. The molecule has 2 N–H and O–H groups in total. The van der Waals surface area contributed by atoms with E-state index >= 15 is 0 Å². The molecule has 0 saturated carbocycles. The summed E-state index contributed by atoms with van der Waals surface area (Å²) in [7, 11) is -3.42. The highest BCUT2D eigenvalue weighted by atomic mass is 32.2. The minimum atomic E-state index is -3.42. The number of sulfone groups is 1. The molecule has 29 heavy (non-hydrogen) atoms. The molecule has 158 valence electrons. The normalized spacial score (nSPS) is 19.6. The van der Waals surface area contributed by atoms with Gasteiger partial charge in [0, 0.05) is 30.3 Å². The third-order valence-electron chi connectivity index (χ3n) is 4.65. The zero-order chi connectivity index (χ0) is 21.8. The van der Waals surface area contributed by atoms with E-state index < -0.39 is 33.5 Å². The predicted octanol–water partition coefficient (Wildman–Crippen LogP) is 0.651. The summed E-state index contributed by atoms with van der Waals surface area (Å²) in [6.45, 7) is 3.52. The van der Waals surface area contributed by atoms with Crippen molar-refractivity contribution >= 4 is 21.7 Å². The zero-order valence-corrected chi connectivity index (χ0v) is 17.4. The molecule has 1 aliphatic rings. The highest BCUT2D eigenvalue weighted by Gasteiger charge is 2.35. The number of hydrogen-bond donors (Lipinski definition) is 2. The number of nitrogens with zero attached hydrogens (tertiary/aromatic N) is 2. The van der Waals surface area contributed by atoms with Crippen molar-refractivity contribution in [2.24, 2.45) is 0 Å². The molecule has 8 nitrogen and oxygen atoms in total. The zero-order valence-electron chi connectivity index (χ0n) is 16.6. The number of amides is 2. The molecule has 0 unspecified atom stereocenters. The van der Waals surface area contributed by atoms with E-state index in [2.05, 4.69) is 10.6 Å². The van der Waals surface area contributed by atoms with Gasteiger partial charge in [-0.1, -0.05) is 6.07 Å². The summed E-state index contributed by atoms with van der Waals surface area (Å²) in [6, 6.07) is 6.89. The van der Waals surface area contributed by atoms with Crippen molar-refractivity contribution in [2.45, 2.75) is 42.9 Å². The van der Waals surface area contributed by atoms with Crippen molar-refractivity contribution in [2.75, 3.05) is 25.9 Å². The monoisotopic (exact) mass is 424 g/mol. The Morgan fingerprint density at radius 2 is 2.07 bits per heavy atom. The second-order valence-corrected chi connectivity index (χ2v) is 9.76. The van der Waals surface area contributed by atoms with E-state index in [1.807, 2.05) is 6.07 Å². The fraction of sp³-hybridized carbons (Fsp3) is 0.526. The van der Waals surface area contributed by atoms with Crippen LogP contribution in [0.15, 0.2) is 29.2 Å². The topological polar surface area (TPSA) is 119 Å². The number of carbonyl (C=O) groups is 2.